The van der Waals surface area contributed by atoms with E-state index in [0.717, 1.165) is 5.56 Å². The molecule has 1 aromatic carbocycles. The highest BCUT2D eigenvalue weighted by atomic mass is 16.4. The normalized spacial score (nSPS) is 20.5. The maximum absolute atomic E-state index is 11.0. The molecule has 30 heavy (non-hydrogen) atoms. The van der Waals surface area contributed by atoms with Crippen molar-refractivity contribution in [2.45, 2.75) is 18.3 Å². The second-order valence-electron chi connectivity index (χ2n) is 7.54. The zero-order valence-electron chi connectivity index (χ0n) is 16.9. The van der Waals surface area contributed by atoms with Gasteiger partial charge in [-0.3, -0.25) is 14.7 Å². The van der Waals surface area contributed by atoms with Crippen LogP contribution in [0.2, 0.25) is 0 Å². The molecular weight excluding hydrogens is 394 g/mol. The van der Waals surface area contributed by atoms with Crippen molar-refractivity contribution >= 4 is 11.9 Å². The molecule has 0 radical (unpaired) electrons. The van der Waals surface area contributed by atoms with Gasteiger partial charge in [0.2, 0.25) is 0 Å². The van der Waals surface area contributed by atoms with Crippen LogP contribution in [0.1, 0.15) is 11.7 Å². The third kappa shape index (κ3) is 7.98. The van der Waals surface area contributed by atoms with Crippen LogP contribution in [0.25, 0.3) is 0 Å². The number of carboxylic acids is 2. The topological polar surface area (TPSA) is 145 Å². The zero-order chi connectivity index (χ0) is 22.1. The van der Waals surface area contributed by atoms with Gasteiger partial charge in [0.05, 0.1) is 6.10 Å². The zero-order valence-corrected chi connectivity index (χ0v) is 16.9. The Balaban J connectivity index is 2.06. The lowest BCUT2D eigenvalue weighted by Gasteiger charge is -2.28. The number of aliphatic carboxylic acids is 2. The summed E-state index contributed by atoms with van der Waals surface area (Å²) >= 11 is 0. The van der Waals surface area contributed by atoms with Gasteiger partial charge in [0.15, 0.2) is 12.2 Å². The maximum Gasteiger partial charge on any atom is 0.333 e. The van der Waals surface area contributed by atoms with Crippen molar-refractivity contribution in [3.8, 4) is 0 Å². The van der Waals surface area contributed by atoms with Gasteiger partial charge in [0, 0.05) is 58.9 Å². The van der Waals surface area contributed by atoms with Crippen molar-refractivity contribution in [3.63, 3.8) is 0 Å². The molecule has 2 rings (SSSR count). The number of rotatable bonds is 9. The molecule has 0 amide bonds. The van der Waals surface area contributed by atoms with Crippen molar-refractivity contribution in [2.24, 2.45) is 0 Å². The lowest BCUT2D eigenvalue weighted by molar-refractivity contribution is -0.148. The summed E-state index contributed by atoms with van der Waals surface area (Å²) in [6.07, 6.45) is -3.75. The van der Waals surface area contributed by atoms with Crippen LogP contribution in [0.15, 0.2) is 30.3 Å². The van der Waals surface area contributed by atoms with Crippen LogP contribution in [0, 0.1) is 0 Å². The SMILES string of the molecule is O=C(O)[C@H](O)CN1CCN(CC(O)c2ccccc2)CCN(C[C@@H](O)C(=O)O)CC1. The minimum Gasteiger partial charge on any atom is -0.479 e. The van der Waals surface area contributed by atoms with Crippen LogP contribution in [-0.4, -0.2) is 123 Å². The number of aliphatic hydroxyl groups excluding tert-OH is 3. The predicted molar refractivity (Wildman–Crippen MR) is 108 cm³/mol. The van der Waals surface area contributed by atoms with Gasteiger partial charge in [-0.15, -0.1) is 0 Å². The Bertz CT molecular complexity index is 642. The summed E-state index contributed by atoms with van der Waals surface area (Å²) in [6, 6.07) is 9.24. The molecular formula is C20H31N3O7. The summed E-state index contributed by atoms with van der Waals surface area (Å²) in [5.41, 5.74) is 0.786. The van der Waals surface area contributed by atoms with Crippen LogP contribution in [0.4, 0.5) is 0 Å². The average Bonchev–Trinajstić information content (AvgIpc) is 2.80. The lowest BCUT2D eigenvalue weighted by Crippen LogP contribution is -2.44. The summed E-state index contributed by atoms with van der Waals surface area (Å²) in [7, 11) is 0. The first-order valence-corrected chi connectivity index (χ1v) is 9.98. The van der Waals surface area contributed by atoms with Gasteiger partial charge in [-0.2, -0.15) is 0 Å². The largest absolute Gasteiger partial charge is 0.479 e. The van der Waals surface area contributed by atoms with E-state index in [2.05, 4.69) is 0 Å². The minimum absolute atomic E-state index is 0.0558. The van der Waals surface area contributed by atoms with Crippen LogP contribution < -0.4 is 0 Å². The summed E-state index contributed by atoms with van der Waals surface area (Å²) < 4.78 is 0. The van der Waals surface area contributed by atoms with Gasteiger partial charge in [0.25, 0.3) is 0 Å². The smallest absolute Gasteiger partial charge is 0.333 e. The number of carbonyl (C=O) groups is 2. The molecule has 1 fully saturated rings. The molecule has 0 aromatic heterocycles. The molecule has 1 aliphatic rings. The van der Waals surface area contributed by atoms with Crippen molar-refractivity contribution in [3.05, 3.63) is 35.9 Å². The van der Waals surface area contributed by atoms with Crippen molar-refractivity contribution in [1.82, 2.24) is 14.7 Å². The number of hydrogen-bond donors (Lipinski definition) is 5. The molecule has 0 aliphatic carbocycles. The monoisotopic (exact) mass is 425 g/mol. The van der Waals surface area contributed by atoms with Gasteiger partial charge in [-0.25, -0.2) is 9.59 Å². The molecule has 1 saturated heterocycles. The fourth-order valence-electron chi connectivity index (χ4n) is 3.40. The van der Waals surface area contributed by atoms with Crippen molar-refractivity contribution in [1.29, 1.82) is 0 Å². The van der Waals surface area contributed by atoms with E-state index in [-0.39, 0.29) is 13.1 Å². The van der Waals surface area contributed by atoms with E-state index in [1.165, 1.54) is 0 Å². The number of carboxylic acid groups (broad SMARTS) is 2. The molecule has 3 atom stereocenters. The Morgan fingerprint density at radius 1 is 0.700 bits per heavy atom. The van der Waals surface area contributed by atoms with Gasteiger partial charge in [-0.1, -0.05) is 30.3 Å². The van der Waals surface area contributed by atoms with E-state index >= 15 is 0 Å². The quantitative estimate of drug-likeness (QED) is 0.318. The third-order valence-corrected chi connectivity index (χ3v) is 5.25. The van der Waals surface area contributed by atoms with Crippen LogP contribution >= 0.6 is 0 Å². The Morgan fingerprint density at radius 2 is 1.07 bits per heavy atom. The first-order valence-electron chi connectivity index (χ1n) is 9.98. The second-order valence-corrected chi connectivity index (χ2v) is 7.54. The molecule has 1 unspecified atom stereocenters. The molecule has 1 heterocycles. The Morgan fingerprint density at radius 3 is 1.43 bits per heavy atom. The van der Waals surface area contributed by atoms with Gasteiger partial charge >= 0.3 is 11.9 Å². The molecule has 168 valence electrons. The Hall–Kier alpha value is -2.08. The minimum atomic E-state index is -1.52. The molecule has 1 aromatic rings. The summed E-state index contributed by atoms with van der Waals surface area (Å²) in [5.74, 6) is -2.60. The average molecular weight is 425 g/mol. The summed E-state index contributed by atoms with van der Waals surface area (Å²) in [5, 5.41) is 48.0. The highest BCUT2D eigenvalue weighted by Crippen LogP contribution is 2.14. The van der Waals surface area contributed by atoms with Crippen LogP contribution in [0.5, 0.6) is 0 Å². The van der Waals surface area contributed by atoms with Crippen molar-refractivity contribution in [2.75, 3.05) is 58.9 Å². The summed E-state index contributed by atoms with van der Waals surface area (Å²) in [4.78, 5) is 27.6. The molecule has 0 saturated carbocycles. The Labute approximate surface area is 175 Å². The first-order chi connectivity index (χ1) is 14.3. The molecule has 10 heteroatoms. The highest BCUT2D eigenvalue weighted by molar-refractivity contribution is 5.72. The van der Waals surface area contributed by atoms with E-state index in [0.29, 0.717) is 45.8 Å². The third-order valence-electron chi connectivity index (χ3n) is 5.25. The number of nitrogens with zero attached hydrogens (tertiary/aromatic N) is 3. The van der Waals surface area contributed by atoms with E-state index < -0.39 is 30.3 Å². The fourth-order valence-corrected chi connectivity index (χ4v) is 3.40. The fraction of sp³-hybridized carbons (Fsp3) is 0.600. The molecule has 1 aliphatic heterocycles. The van der Waals surface area contributed by atoms with Crippen LogP contribution in [0.3, 0.4) is 0 Å². The first kappa shape index (κ1) is 24.2. The maximum atomic E-state index is 11.0. The van der Waals surface area contributed by atoms with Crippen LogP contribution in [-0.2, 0) is 9.59 Å². The molecule has 10 nitrogen and oxygen atoms in total. The van der Waals surface area contributed by atoms with Gasteiger partial charge < -0.3 is 25.5 Å². The second kappa shape index (κ2) is 11.9. The predicted octanol–water partition coefficient (Wildman–Crippen LogP) is -1.47. The lowest BCUT2D eigenvalue weighted by atomic mass is 10.1. The van der Waals surface area contributed by atoms with E-state index in [4.69, 9.17) is 10.2 Å². The highest BCUT2D eigenvalue weighted by Gasteiger charge is 2.24. The standard InChI is InChI=1S/C20H31N3O7/c24-16(15-4-2-1-3-5-15)12-21-6-8-22(13-17(25)19(27)28)10-11-23(9-7-21)14-18(26)20(29)30/h1-5,16-18,24-26H,6-14H2,(H,27,28)(H,29,30)/t16?,17-,18-/m1/s1. The van der Waals surface area contributed by atoms with Crippen molar-refractivity contribution < 1.29 is 35.1 Å². The molecule has 0 spiro atoms. The number of hydrogen-bond acceptors (Lipinski definition) is 8. The molecule has 5 N–H and O–H groups in total. The Kier molecular flexibility index (Phi) is 9.63. The number of β-amino-alcohol motifs (C(OH)–C–C–N with tert-alkyl or cyclic N) is 3. The number of benzene rings is 1. The van der Waals surface area contributed by atoms with E-state index in [9.17, 15) is 24.9 Å². The molecule has 0 bridgehead atoms. The van der Waals surface area contributed by atoms with E-state index in [1.54, 1.807) is 9.80 Å². The summed E-state index contributed by atoms with van der Waals surface area (Å²) in [6.45, 7) is 3.16. The van der Waals surface area contributed by atoms with E-state index in [1.807, 2.05) is 35.2 Å². The number of aliphatic hydroxyl groups is 3. The van der Waals surface area contributed by atoms with Gasteiger partial charge in [-0.05, 0) is 5.56 Å². The van der Waals surface area contributed by atoms with Gasteiger partial charge in [0.1, 0.15) is 0 Å².